The van der Waals surface area contributed by atoms with Gasteiger partial charge in [0, 0.05) is 54.9 Å². The van der Waals surface area contributed by atoms with E-state index in [2.05, 4.69) is 20.2 Å². The zero-order chi connectivity index (χ0) is 25.2. The van der Waals surface area contributed by atoms with Gasteiger partial charge >= 0.3 is 6.18 Å². The first-order valence-corrected chi connectivity index (χ1v) is 11.4. The Bertz CT molecular complexity index is 1200. The van der Waals surface area contributed by atoms with Gasteiger partial charge in [-0.25, -0.2) is 9.97 Å². The van der Waals surface area contributed by atoms with E-state index in [1.54, 1.807) is 30.6 Å². The molecule has 4 rings (SSSR count). The van der Waals surface area contributed by atoms with Crippen LogP contribution in [-0.2, 0) is 12.7 Å². The van der Waals surface area contributed by atoms with Crippen LogP contribution in [0.1, 0.15) is 33.5 Å². The molecule has 184 valence electrons. The first kappa shape index (κ1) is 24.8. The van der Waals surface area contributed by atoms with Crippen LogP contribution in [0, 0.1) is 6.92 Å². The van der Waals surface area contributed by atoms with Crippen molar-refractivity contribution >= 4 is 11.6 Å². The summed E-state index contributed by atoms with van der Waals surface area (Å²) in [7, 11) is 3.97. The number of amides is 1. The predicted octanol–water partition coefficient (Wildman–Crippen LogP) is 4.86. The van der Waals surface area contributed by atoms with E-state index in [9.17, 15) is 18.0 Å². The summed E-state index contributed by atoms with van der Waals surface area (Å²) in [6.45, 7) is 3.60. The molecule has 2 heterocycles. The SMILES string of the molecule is Cc1ccc(C(=O)Nc2ccc(CN3CC[C@@H](N(C)C)C3)c(C(F)(F)F)c2)cc1-c1cncnc1. The number of rotatable bonds is 6. The second-order valence-corrected chi connectivity index (χ2v) is 9.12. The highest BCUT2D eigenvalue weighted by Gasteiger charge is 2.35. The highest BCUT2D eigenvalue weighted by atomic mass is 19.4. The molecule has 0 aliphatic carbocycles. The minimum Gasteiger partial charge on any atom is -0.322 e. The van der Waals surface area contributed by atoms with E-state index in [-0.39, 0.29) is 17.8 Å². The Balaban J connectivity index is 1.54. The van der Waals surface area contributed by atoms with Crippen LogP contribution in [0.4, 0.5) is 18.9 Å². The Morgan fingerprint density at radius 1 is 1.14 bits per heavy atom. The van der Waals surface area contributed by atoms with Gasteiger partial charge in [0.05, 0.1) is 5.56 Å². The van der Waals surface area contributed by atoms with E-state index in [0.29, 0.717) is 11.6 Å². The van der Waals surface area contributed by atoms with Crippen LogP contribution in [0.3, 0.4) is 0 Å². The molecule has 0 bridgehead atoms. The Kier molecular flexibility index (Phi) is 7.18. The summed E-state index contributed by atoms with van der Waals surface area (Å²) < 4.78 is 41.7. The van der Waals surface area contributed by atoms with Crippen molar-refractivity contribution in [2.24, 2.45) is 0 Å². The summed E-state index contributed by atoms with van der Waals surface area (Å²) in [4.78, 5) is 25.1. The molecule has 0 radical (unpaired) electrons. The number of likely N-dealkylation sites (N-methyl/N-ethyl adjacent to an activating group) is 1. The molecular formula is C26H28F3N5O. The number of aryl methyl sites for hydroxylation is 1. The number of carbonyl (C=O) groups is 1. The second kappa shape index (κ2) is 10.1. The van der Waals surface area contributed by atoms with Crippen LogP contribution >= 0.6 is 0 Å². The number of halogens is 3. The van der Waals surface area contributed by atoms with Crippen molar-refractivity contribution in [2.45, 2.75) is 32.1 Å². The standard InChI is InChI=1S/C26H28F3N5O/c1-17-4-5-18(10-23(17)20-12-30-16-31-13-20)25(35)32-21-7-6-19(24(11-21)26(27,28)29)14-34-9-8-22(15-34)33(2)3/h4-7,10-13,16,22H,8-9,14-15H2,1-3H3,(H,32,35)/t22-/m1/s1. The van der Waals surface area contributed by atoms with Crippen molar-refractivity contribution in [2.75, 3.05) is 32.5 Å². The van der Waals surface area contributed by atoms with E-state index < -0.39 is 17.6 Å². The Morgan fingerprint density at radius 2 is 1.89 bits per heavy atom. The molecule has 35 heavy (non-hydrogen) atoms. The average molecular weight is 484 g/mol. The lowest BCUT2D eigenvalue weighted by molar-refractivity contribution is -0.138. The predicted molar refractivity (Wildman–Crippen MR) is 129 cm³/mol. The van der Waals surface area contributed by atoms with Gasteiger partial charge in [0.15, 0.2) is 0 Å². The fourth-order valence-corrected chi connectivity index (χ4v) is 4.39. The first-order chi connectivity index (χ1) is 16.6. The van der Waals surface area contributed by atoms with E-state index in [1.165, 1.54) is 18.5 Å². The van der Waals surface area contributed by atoms with Crippen LogP contribution in [0.5, 0.6) is 0 Å². The molecule has 1 aliphatic heterocycles. The van der Waals surface area contributed by atoms with Gasteiger partial charge in [-0.05, 0) is 68.4 Å². The lowest BCUT2D eigenvalue weighted by Crippen LogP contribution is -2.31. The number of benzene rings is 2. The molecule has 3 aromatic rings. The number of hydrogen-bond donors (Lipinski definition) is 1. The first-order valence-electron chi connectivity index (χ1n) is 11.4. The zero-order valence-corrected chi connectivity index (χ0v) is 19.9. The number of hydrogen-bond acceptors (Lipinski definition) is 5. The third-order valence-corrected chi connectivity index (χ3v) is 6.42. The lowest BCUT2D eigenvalue weighted by Gasteiger charge is -2.22. The topological polar surface area (TPSA) is 61.4 Å². The molecule has 0 spiro atoms. The monoisotopic (exact) mass is 483 g/mol. The quantitative estimate of drug-likeness (QED) is 0.543. The van der Waals surface area contributed by atoms with Crippen LogP contribution in [0.2, 0.25) is 0 Å². The van der Waals surface area contributed by atoms with Crippen molar-refractivity contribution in [3.63, 3.8) is 0 Å². The molecule has 1 atom stereocenters. The zero-order valence-electron chi connectivity index (χ0n) is 19.9. The van der Waals surface area contributed by atoms with Crippen LogP contribution in [0.15, 0.2) is 55.1 Å². The van der Waals surface area contributed by atoms with E-state index in [4.69, 9.17) is 0 Å². The van der Waals surface area contributed by atoms with Crippen molar-refractivity contribution in [3.8, 4) is 11.1 Å². The van der Waals surface area contributed by atoms with Gasteiger partial charge in [-0.3, -0.25) is 9.69 Å². The maximum absolute atomic E-state index is 13.9. The molecular weight excluding hydrogens is 455 g/mol. The highest BCUT2D eigenvalue weighted by molar-refractivity contribution is 6.05. The van der Waals surface area contributed by atoms with Crippen molar-refractivity contribution < 1.29 is 18.0 Å². The van der Waals surface area contributed by atoms with Crippen molar-refractivity contribution in [1.82, 2.24) is 19.8 Å². The average Bonchev–Trinajstić information content (AvgIpc) is 3.29. The largest absolute Gasteiger partial charge is 0.416 e. The fourth-order valence-electron chi connectivity index (χ4n) is 4.39. The summed E-state index contributed by atoms with van der Waals surface area (Å²) >= 11 is 0. The number of anilines is 1. The van der Waals surface area contributed by atoms with Gasteiger partial charge < -0.3 is 10.2 Å². The third kappa shape index (κ3) is 5.86. The summed E-state index contributed by atoms with van der Waals surface area (Å²) in [5, 5.41) is 2.62. The minimum atomic E-state index is -4.53. The Morgan fingerprint density at radius 3 is 2.54 bits per heavy atom. The lowest BCUT2D eigenvalue weighted by atomic mass is 10.00. The van der Waals surface area contributed by atoms with Crippen molar-refractivity contribution in [1.29, 1.82) is 0 Å². The molecule has 1 aliphatic rings. The molecule has 9 heteroatoms. The summed E-state index contributed by atoms with van der Waals surface area (Å²) in [6, 6.07) is 9.48. The van der Waals surface area contributed by atoms with Gasteiger partial charge in [-0.2, -0.15) is 13.2 Å². The van der Waals surface area contributed by atoms with E-state index in [1.807, 2.05) is 25.9 Å². The number of likely N-dealkylation sites (tertiary alicyclic amines) is 1. The third-order valence-electron chi connectivity index (χ3n) is 6.42. The number of aromatic nitrogens is 2. The van der Waals surface area contributed by atoms with Gasteiger partial charge in [0.2, 0.25) is 0 Å². The van der Waals surface area contributed by atoms with Crippen LogP contribution < -0.4 is 5.32 Å². The number of carbonyl (C=O) groups excluding carboxylic acids is 1. The van der Waals surface area contributed by atoms with Crippen molar-refractivity contribution in [3.05, 3.63) is 77.4 Å². The maximum atomic E-state index is 13.9. The number of nitrogens with zero attached hydrogens (tertiary/aromatic N) is 4. The Hall–Kier alpha value is -3.30. The molecule has 0 unspecified atom stereocenters. The fraction of sp³-hybridized carbons (Fsp3) is 0.346. The van der Waals surface area contributed by atoms with Crippen LogP contribution in [0.25, 0.3) is 11.1 Å². The molecule has 1 fully saturated rings. The molecule has 1 saturated heterocycles. The van der Waals surface area contributed by atoms with E-state index in [0.717, 1.165) is 42.3 Å². The summed E-state index contributed by atoms with van der Waals surface area (Å²) in [5.41, 5.74) is 2.38. The van der Waals surface area contributed by atoms with Gasteiger partial charge in [-0.1, -0.05) is 12.1 Å². The second-order valence-electron chi connectivity index (χ2n) is 9.12. The van der Waals surface area contributed by atoms with Gasteiger partial charge in [-0.15, -0.1) is 0 Å². The maximum Gasteiger partial charge on any atom is 0.416 e. The smallest absolute Gasteiger partial charge is 0.322 e. The normalized spacial score (nSPS) is 16.6. The minimum absolute atomic E-state index is 0.101. The van der Waals surface area contributed by atoms with Gasteiger partial charge in [0.25, 0.3) is 5.91 Å². The molecule has 0 saturated carbocycles. The molecule has 1 amide bonds. The summed E-state index contributed by atoms with van der Waals surface area (Å²) in [6.07, 6.45) is 1.11. The van der Waals surface area contributed by atoms with E-state index >= 15 is 0 Å². The summed E-state index contributed by atoms with van der Waals surface area (Å²) in [5.74, 6) is -0.489. The number of alkyl halides is 3. The Labute approximate surface area is 202 Å². The van der Waals surface area contributed by atoms with Crippen LogP contribution in [-0.4, -0.2) is 58.9 Å². The molecule has 1 N–H and O–H groups in total. The highest BCUT2D eigenvalue weighted by Crippen LogP contribution is 2.35. The van der Waals surface area contributed by atoms with Gasteiger partial charge in [0.1, 0.15) is 6.33 Å². The molecule has 6 nitrogen and oxygen atoms in total. The molecule has 1 aromatic heterocycles. The number of nitrogens with one attached hydrogen (secondary N) is 1. The molecule has 2 aromatic carbocycles.